The van der Waals surface area contributed by atoms with Gasteiger partial charge >= 0.3 is 12.1 Å². The van der Waals surface area contributed by atoms with Crippen molar-refractivity contribution in [1.29, 1.82) is 0 Å². The van der Waals surface area contributed by atoms with E-state index in [1.54, 1.807) is 6.92 Å². The van der Waals surface area contributed by atoms with E-state index in [-0.39, 0.29) is 29.5 Å². The summed E-state index contributed by atoms with van der Waals surface area (Å²) in [5, 5.41) is 17.1. The monoisotopic (exact) mass is 461 g/mol. The lowest BCUT2D eigenvalue weighted by Crippen LogP contribution is -2.29. The lowest BCUT2D eigenvalue weighted by atomic mass is 10.1. The van der Waals surface area contributed by atoms with Crippen LogP contribution in [0.5, 0.6) is 11.5 Å². The summed E-state index contributed by atoms with van der Waals surface area (Å²) in [6.07, 6.45) is 0.0957. The van der Waals surface area contributed by atoms with Crippen LogP contribution < -0.4 is 25.4 Å². The van der Waals surface area contributed by atoms with Crippen LogP contribution in [0.25, 0.3) is 0 Å². The first-order valence-electron chi connectivity index (χ1n) is 9.95. The summed E-state index contributed by atoms with van der Waals surface area (Å²) in [4.78, 5) is 49.3. The molecule has 2 heterocycles. The molecule has 2 amide bonds. The number of nitrogens with one attached hydrogen (secondary N) is 3. The molecular weight excluding hydrogens is 438 g/mol. The third-order valence-electron chi connectivity index (χ3n) is 4.51. The van der Waals surface area contributed by atoms with Crippen LogP contribution in [-0.2, 0) is 17.8 Å². The second kappa shape index (κ2) is 10.7. The summed E-state index contributed by atoms with van der Waals surface area (Å²) in [5.74, 6) is -2.06. The molecule has 0 saturated carbocycles. The minimum absolute atomic E-state index is 0.00276. The first-order chi connectivity index (χ1) is 15.4. The summed E-state index contributed by atoms with van der Waals surface area (Å²) in [7, 11) is 0. The number of carbonyl (C=O) groups excluding carboxylic acids is 3. The molecule has 1 aliphatic rings. The molecule has 3 rings (SSSR count). The van der Waals surface area contributed by atoms with E-state index < -0.39 is 24.5 Å². The number of hydrogen-bond donors (Lipinski definition) is 4. The third-order valence-corrected chi connectivity index (χ3v) is 5.75. The average molecular weight is 461 g/mol. The molecule has 0 fully saturated rings. The van der Waals surface area contributed by atoms with Gasteiger partial charge in [0.2, 0.25) is 0 Å². The number of carbonyl (C=O) groups is 4. The van der Waals surface area contributed by atoms with Crippen LogP contribution in [-0.4, -0.2) is 55.1 Å². The Hall–Kier alpha value is -3.44. The summed E-state index contributed by atoms with van der Waals surface area (Å²) >= 11 is 1.42. The Kier molecular flexibility index (Phi) is 7.79. The number of ketones is 1. The Labute approximate surface area is 187 Å². The zero-order chi connectivity index (χ0) is 23.1. The van der Waals surface area contributed by atoms with Crippen molar-refractivity contribution in [2.75, 3.05) is 26.2 Å². The fourth-order valence-electron chi connectivity index (χ4n) is 3.01. The van der Waals surface area contributed by atoms with E-state index in [9.17, 15) is 19.2 Å². The molecule has 0 aliphatic carbocycles. The third kappa shape index (κ3) is 6.05. The largest absolute Gasteiger partial charge is 0.479 e. The number of Topliss-reactive ketones (excluding diaryl/α,β-unsaturated/α-hetero) is 1. The summed E-state index contributed by atoms with van der Waals surface area (Å²) < 4.78 is 10.3. The molecular formula is C21H23N3O7S. The Morgan fingerprint density at radius 1 is 1.16 bits per heavy atom. The van der Waals surface area contributed by atoms with Gasteiger partial charge in [0.15, 0.2) is 23.9 Å². The zero-order valence-electron chi connectivity index (χ0n) is 17.4. The number of ether oxygens (including phenoxy) is 2. The molecule has 1 aromatic carbocycles. The normalized spacial score (nSPS) is 12.4. The van der Waals surface area contributed by atoms with E-state index in [0.29, 0.717) is 11.4 Å². The molecule has 11 heteroatoms. The van der Waals surface area contributed by atoms with Crippen molar-refractivity contribution in [2.45, 2.75) is 19.9 Å². The van der Waals surface area contributed by atoms with E-state index in [0.717, 1.165) is 25.1 Å². The molecule has 0 atom stereocenters. The summed E-state index contributed by atoms with van der Waals surface area (Å²) in [6.45, 7) is 2.72. The van der Waals surface area contributed by atoms with Crippen LogP contribution in [0.15, 0.2) is 24.3 Å². The smallest absolute Gasteiger partial charge is 0.412 e. The number of carboxylic acids is 1. The van der Waals surface area contributed by atoms with Crippen LogP contribution in [0, 0.1) is 0 Å². The van der Waals surface area contributed by atoms with Crippen molar-refractivity contribution in [2.24, 2.45) is 0 Å². The first-order valence-corrected chi connectivity index (χ1v) is 10.8. The second-order valence-electron chi connectivity index (χ2n) is 6.86. The van der Waals surface area contributed by atoms with Crippen LogP contribution >= 0.6 is 11.3 Å². The number of thiophene rings is 1. The van der Waals surface area contributed by atoms with Crippen molar-refractivity contribution in [3.8, 4) is 11.5 Å². The quantitative estimate of drug-likeness (QED) is 0.412. The number of carboxylic acid groups (broad SMARTS) is 1. The molecule has 170 valence electrons. The van der Waals surface area contributed by atoms with Crippen molar-refractivity contribution in [3.63, 3.8) is 0 Å². The predicted octanol–water partition coefficient (Wildman–Crippen LogP) is 1.58. The van der Waals surface area contributed by atoms with Gasteiger partial charge in [0.1, 0.15) is 0 Å². The molecule has 0 unspecified atom stereocenters. The average Bonchev–Trinajstić information content (AvgIpc) is 3.21. The summed E-state index contributed by atoms with van der Waals surface area (Å²) in [6, 6.07) is 5.86. The number of hydrogen-bond acceptors (Lipinski definition) is 8. The minimum atomic E-state index is -1.21. The maximum atomic E-state index is 12.6. The topological polar surface area (TPSA) is 143 Å². The van der Waals surface area contributed by atoms with Gasteiger partial charge in [-0.25, -0.2) is 9.59 Å². The lowest BCUT2D eigenvalue weighted by Gasteiger charge is -2.12. The van der Waals surface area contributed by atoms with Crippen LogP contribution in [0.4, 0.5) is 4.79 Å². The van der Waals surface area contributed by atoms with Gasteiger partial charge in [-0.2, -0.15) is 0 Å². The molecule has 2 aromatic rings. The van der Waals surface area contributed by atoms with Crippen molar-refractivity contribution < 1.29 is 33.8 Å². The van der Waals surface area contributed by atoms with E-state index in [4.69, 9.17) is 14.6 Å². The molecule has 4 N–H and O–H groups in total. The molecule has 0 spiro atoms. The van der Waals surface area contributed by atoms with Crippen molar-refractivity contribution in [1.82, 2.24) is 16.0 Å². The molecule has 1 aliphatic heterocycles. The SMILES string of the molecule is CCNC(=O)Oc1cc(C(=O)CNC(=O)c2cc3c(s2)CCNC3)ccc1OCC(=O)O. The molecule has 10 nitrogen and oxygen atoms in total. The van der Waals surface area contributed by atoms with Gasteiger partial charge in [-0.1, -0.05) is 0 Å². The van der Waals surface area contributed by atoms with E-state index in [2.05, 4.69) is 16.0 Å². The number of rotatable bonds is 9. The van der Waals surface area contributed by atoms with Crippen molar-refractivity contribution >= 4 is 35.1 Å². The van der Waals surface area contributed by atoms with Gasteiger partial charge in [-0.3, -0.25) is 9.59 Å². The second-order valence-corrected chi connectivity index (χ2v) is 7.99. The molecule has 0 saturated heterocycles. The fourth-order valence-corrected chi connectivity index (χ4v) is 4.11. The van der Waals surface area contributed by atoms with Gasteiger partial charge in [0.05, 0.1) is 11.4 Å². The number of fused-ring (bicyclic) bond motifs is 1. The van der Waals surface area contributed by atoms with Crippen LogP contribution in [0.3, 0.4) is 0 Å². The van der Waals surface area contributed by atoms with Crippen LogP contribution in [0.1, 0.15) is 37.4 Å². The highest BCUT2D eigenvalue weighted by Crippen LogP contribution is 2.29. The predicted molar refractivity (Wildman–Crippen MR) is 116 cm³/mol. The Bertz CT molecular complexity index is 1010. The standard InChI is InChI=1S/C21H23N3O7S/c1-2-23-21(29)31-16-7-12(3-4-15(16)30-11-19(26)27)14(25)10-24-20(28)18-8-13-9-22-6-5-17(13)32-18/h3-4,7-8,22H,2,5-6,9-11H2,1H3,(H,23,29)(H,24,28)(H,26,27). The molecule has 32 heavy (non-hydrogen) atoms. The van der Waals surface area contributed by atoms with Gasteiger partial charge in [0, 0.05) is 30.1 Å². The van der Waals surface area contributed by atoms with E-state index in [1.807, 2.05) is 6.07 Å². The highest BCUT2D eigenvalue weighted by molar-refractivity contribution is 7.14. The highest BCUT2D eigenvalue weighted by atomic mass is 32.1. The van der Waals surface area contributed by atoms with Gasteiger partial charge in [0.25, 0.3) is 5.91 Å². The fraction of sp³-hybridized carbons (Fsp3) is 0.333. The molecule has 1 aromatic heterocycles. The lowest BCUT2D eigenvalue weighted by molar-refractivity contribution is -0.139. The number of benzene rings is 1. The van der Waals surface area contributed by atoms with Gasteiger partial charge in [-0.05, 0) is 43.2 Å². The molecule has 0 bridgehead atoms. The van der Waals surface area contributed by atoms with E-state index >= 15 is 0 Å². The minimum Gasteiger partial charge on any atom is -0.479 e. The number of amides is 2. The first kappa shape index (κ1) is 23.2. The maximum absolute atomic E-state index is 12.6. The zero-order valence-corrected chi connectivity index (χ0v) is 18.2. The van der Waals surface area contributed by atoms with Gasteiger partial charge < -0.3 is 30.5 Å². The number of aliphatic carboxylic acids is 1. The molecule has 0 radical (unpaired) electrons. The Morgan fingerprint density at radius 2 is 1.97 bits per heavy atom. The van der Waals surface area contributed by atoms with Gasteiger partial charge in [-0.15, -0.1) is 11.3 Å². The van der Waals surface area contributed by atoms with E-state index in [1.165, 1.54) is 34.4 Å². The summed E-state index contributed by atoms with van der Waals surface area (Å²) in [5.41, 5.74) is 1.27. The Balaban J connectivity index is 1.67. The van der Waals surface area contributed by atoms with Crippen LogP contribution in [0.2, 0.25) is 0 Å². The van der Waals surface area contributed by atoms with Crippen molar-refractivity contribution in [3.05, 3.63) is 45.1 Å². The highest BCUT2D eigenvalue weighted by Gasteiger charge is 2.19. The maximum Gasteiger partial charge on any atom is 0.412 e. The Morgan fingerprint density at radius 3 is 2.69 bits per heavy atom.